The van der Waals surface area contributed by atoms with Crippen LogP contribution in [0.2, 0.25) is 0 Å². The molecule has 0 bridgehead atoms. The van der Waals surface area contributed by atoms with E-state index in [0.29, 0.717) is 17.5 Å². The molecule has 1 rings (SSSR count). The van der Waals surface area contributed by atoms with Gasteiger partial charge >= 0.3 is 0 Å². The maximum Gasteiger partial charge on any atom is 0.144 e. The van der Waals surface area contributed by atoms with E-state index >= 15 is 0 Å². The van der Waals surface area contributed by atoms with Crippen molar-refractivity contribution in [1.29, 1.82) is 0 Å². The Morgan fingerprint density at radius 1 is 1.54 bits per heavy atom. The normalized spacial score (nSPS) is 35.9. The van der Waals surface area contributed by atoms with E-state index in [1.807, 2.05) is 20.9 Å². The van der Waals surface area contributed by atoms with Crippen molar-refractivity contribution >= 4 is 14.4 Å². The van der Waals surface area contributed by atoms with Crippen LogP contribution in [0.1, 0.15) is 27.2 Å². The van der Waals surface area contributed by atoms with Crippen molar-refractivity contribution in [2.45, 2.75) is 44.6 Å². The molecule has 4 atom stereocenters. The summed E-state index contributed by atoms with van der Waals surface area (Å²) in [6.07, 6.45) is 1.16. The van der Waals surface area contributed by atoms with Crippen molar-refractivity contribution < 1.29 is 4.79 Å². The average Bonchev–Trinajstić information content (AvgIpc) is 2.45. The van der Waals surface area contributed by atoms with E-state index in [9.17, 15) is 4.79 Å². The SMILES string of the molecule is CNC1CC(C)PC1C(=O)C(C)C. The highest BCUT2D eigenvalue weighted by Gasteiger charge is 2.36. The summed E-state index contributed by atoms with van der Waals surface area (Å²) in [6.45, 7) is 6.25. The first kappa shape index (κ1) is 11.1. The van der Waals surface area contributed by atoms with Crippen LogP contribution in [0.25, 0.3) is 0 Å². The summed E-state index contributed by atoms with van der Waals surface area (Å²) in [7, 11) is 2.79. The van der Waals surface area contributed by atoms with Gasteiger partial charge < -0.3 is 5.32 Å². The molecule has 13 heavy (non-hydrogen) atoms. The molecule has 0 aromatic carbocycles. The summed E-state index contributed by atoms with van der Waals surface area (Å²) in [5, 5.41) is 3.27. The molecule has 0 spiro atoms. The number of rotatable bonds is 3. The Hall–Kier alpha value is 0.0600. The topological polar surface area (TPSA) is 29.1 Å². The minimum atomic E-state index is 0.193. The Labute approximate surface area is 82.6 Å². The van der Waals surface area contributed by atoms with Crippen LogP contribution < -0.4 is 5.32 Å². The molecule has 1 fully saturated rings. The van der Waals surface area contributed by atoms with E-state index in [0.717, 1.165) is 20.7 Å². The molecule has 0 saturated carbocycles. The highest BCUT2D eigenvalue weighted by molar-refractivity contribution is 7.41. The van der Waals surface area contributed by atoms with E-state index < -0.39 is 0 Å². The summed E-state index contributed by atoms with van der Waals surface area (Å²) in [6, 6.07) is 0.434. The standard InChI is InChI=1S/C10H20NOP/c1-6(2)9(12)10-8(11-4)5-7(3)13-10/h6-8,10-11,13H,5H2,1-4H3. The van der Waals surface area contributed by atoms with Gasteiger partial charge in [-0.05, 0) is 19.1 Å². The fraction of sp³-hybridized carbons (Fsp3) is 0.900. The van der Waals surface area contributed by atoms with E-state index in [4.69, 9.17) is 0 Å². The first-order valence-electron chi connectivity index (χ1n) is 5.03. The molecule has 76 valence electrons. The fourth-order valence-electron chi connectivity index (χ4n) is 1.93. The summed E-state index contributed by atoms with van der Waals surface area (Å²) >= 11 is 0. The van der Waals surface area contributed by atoms with Crippen LogP contribution in [0.15, 0.2) is 0 Å². The van der Waals surface area contributed by atoms with Crippen LogP contribution in [0.3, 0.4) is 0 Å². The third-order valence-electron chi connectivity index (χ3n) is 2.72. The number of carbonyl (C=O) groups excluding carboxylic acids is 1. The molecule has 4 unspecified atom stereocenters. The summed E-state index contributed by atoms with van der Waals surface area (Å²) in [5.41, 5.74) is 1.02. The Balaban J connectivity index is 2.62. The molecular weight excluding hydrogens is 181 g/mol. The van der Waals surface area contributed by atoms with E-state index in [1.54, 1.807) is 0 Å². The second-order valence-electron chi connectivity index (χ2n) is 4.23. The van der Waals surface area contributed by atoms with Crippen LogP contribution in [-0.4, -0.2) is 30.2 Å². The molecule has 0 aromatic rings. The Kier molecular flexibility index (Phi) is 3.87. The quantitative estimate of drug-likeness (QED) is 0.703. The summed E-state index contributed by atoms with van der Waals surface area (Å²) in [4.78, 5) is 11.8. The Bertz CT molecular complexity index is 193. The van der Waals surface area contributed by atoms with Gasteiger partial charge in [-0.25, -0.2) is 0 Å². The van der Waals surface area contributed by atoms with Gasteiger partial charge in [0.05, 0.1) is 5.66 Å². The molecule has 1 N–H and O–H groups in total. The average molecular weight is 201 g/mol. The fourth-order valence-corrected chi connectivity index (χ4v) is 3.97. The van der Waals surface area contributed by atoms with Crippen molar-refractivity contribution in [1.82, 2.24) is 5.32 Å². The van der Waals surface area contributed by atoms with Gasteiger partial charge in [-0.2, -0.15) is 0 Å². The molecule has 1 aliphatic heterocycles. The van der Waals surface area contributed by atoms with Crippen molar-refractivity contribution in [3.63, 3.8) is 0 Å². The largest absolute Gasteiger partial charge is 0.316 e. The van der Waals surface area contributed by atoms with Gasteiger partial charge in [0.1, 0.15) is 5.78 Å². The highest BCUT2D eigenvalue weighted by atomic mass is 31.1. The van der Waals surface area contributed by atoms with Crippen molar-refractivity contribution in [2.24, 2.45) is 5.92 Å². The predicted molar refractivity (Wildman–Crippen MR) is 58.9 cm³/mol. The van der Waals surface area contributed by atoms with E-state index in [2.05, 4.69) is 12.2 Å². The second kappa shape index (κ2) is 4.52. The van der Waals surface area contributed by atoms with Gasteiger partial charge in [0.15, 0.2) is 0 Å². The van der Waals surface area contributed by atoms with Crippen LogP contribution >= 0.6 is 8.58 Å². The lowest BCUT2D eigenvalue weighted by molar-refractivity contribution is -0.121. The zero-order valence-electron chi connectivity index (χ0n) is 8.92. The lowest BCUT2D eigenvalue weighted by Crippen LogP contribution is -2.38. The lowest BCUT2D eigenvalue weighted by Gasteiger charge is -2.19. The van der Waals surface area contributed by atoms with E-state index in [1.165, 1.54) is 0 Å². The third-order valence-corrected chi connectivity index (χ3v) is 4.57. The maximum atomic E-state index is 11.8. The van der Waals surface area contributed by atoms with Crippen LogP contribution in [-0.2, 0) is 4.79 Å². The maximum absolute atomic E-state index is 11.8. The molecule has 0 amide bonds. The van der Waals surface area contributed by atoms with Crippen molar-refractivity contribution in [3.8, 4) is 0 Å². The monoisotopic (exact) mass is 201 g/mol. The molecule has 1 heterocycles. The third kappa shape index (κ3) is 2.51. The predicted octanol–water partition coefficient (Wildman–Crippen LogP) is 1.64. The van der Waals surface area contributed by atoms with Gasteiger partial charge in [-0.15, -0.1) is 8.58 Å². The van der Waals surface area contributed by atoms with Crippen LogP contribution in [0.4, 0.5) is 0 Å². The number of Topliss-reactive ketones (excluding diaryl/α,β-unsaturated/α-hetero) is 1. The first-order chi connectivity index (χ1) is 6.06. The number of hydrogen-bond acceptors (Lipinski definition) is 2. The number of ketones is 1. The second-order valence-corrected chi connectivity index (χ2v) is 6.17. The summed E-state index contributed by atoms with van der Waals surface area (Å²) in [5.74, 6) is 0.640. The van der Waals surface area contributed by atoms with Crippen LogP contribution in [0, 0.1) is 5.92 Å². The van der Waals surface area contributed by atoms with E-state index in [-0.39, 0.29) is 5.92 Å². The first-order valence-corrected chi connectivity index (χ1v) is 6.18. The molecule has 1 aliphatic rings. The van der Waals surface area contributed by atoms with Gasteiger partial charge in [0.2, 0.25) is 0 Å². The van der Waals surface area contributed by atoms with Gasteiger partial charge in [0.25, 0.3) is 0 Å². The molecule has 2 nitrogen and oxygen atoms in total. The van der Waals surface area contributed by atoms with Gasteiger partial charge in [0, 0.05) is 12.0 Å². The number of nitrogens with one attached hydrogen (secondary N) is 1. The van der Waals surface area contributed by atoms with Gasteiger partial charge in [-0.3, -0.25) is 4.79 Å². The molecule has 0 aromatic heterocycles. The molecule has 1 saturated heterocycles. The minimum absolute atomic E-state index is 0.193. The summed E-state index contributed by atoms with van der Waals surface area (Å²) < 4.78 is 0. The molecular formula is C10H20NOP. The smallest absolute Gasteiger partial charge is 0.144 e. The Morgan fingerprint density at radius 2 is 2.15 bits per heavy atom. The Morgan fingerprint density at radius 3 is 2.62 bits per heavy atom. The lowest BCUT2D eigenvalue weighted by atomic mass is 9.99. The minimum Gasteiger partial charge on any atom is -0.316 e. The highest BCUT2D eigenvalue weighted by Crippen LogP contribution is 2.40. The van der Waals surface area contributed by atoms with Crippen LogP contribution in [0.5, 0.6) is 0 Å². The zero-order valence-corrected chi connectivity index (χ0v) is 9.92. The van der Waals surface area contributed by atoms with Gasteiger partial charge in [-0.1, -0.05) is 20.8 Å². The number of carbonyl (C=O) groups is 1. The van der Waals surface area contributed by atoms with Crippen molar-refractivity contribution in [3.05, 3.63) is 0 Å². The zero-order chi connectivity index (χ0) is 10.0. The number of hydrogen-bond donors (Lipinski definition) is 1. The molecule has 0 radical (unpaired) electrons. The molecule has 3 heteroatoms. The molecule has 0 aliphatic carbocycles. The van der Waals surface area contributed by atoms with Crippen molar-refractivity contribution in [2.75, 3.05) is 7.05 Å².